The van der Waals surface area contributed by atoms with Gasteiger partial charge in [0.1, 0.15) is 10.6 Å². The molecule has 1 fully saturated rings. The lowest BCUT2D eigenvalue weighted by atomic mass is 9.91. The van der Waals surface area contributed by atoms with Gasteiger partial charge in [-0.25, -0.2) is 17.9 Å². The Morgan fingerprint density at radius 2 is 1.71 bits per heavy atom. The van der Waals surface area contributed by atoms with Gasteiger partial charge < -0.3 is 4.90 Å². The first-order valence-electron chi connectivity index (χ1n) is 10.4. The van der Waals surface area contributed by atoms with Crippen LogP contribution in [0.1, 0.15) is 42.6 Å². The fourth-order valence-corrected chi connectivity index (χ4v) is 5.05. The third kappa shape index (κ3) is 4.39. The SMILES string of the molecule is Cn1cc(S(=O)(=O)N2CCN(C(=O)c3cc4nc(C(C)(C)C)cc(C(F)(F)F)n4n3)CC2)cn1. The summed E-state index contributed by atoms with van der Waals surface area (Å²) in [7, 11) is -2.15. The van der Waals surface area contributed by atoms with Crippen molar-refractivity contribution in [2.45, 2.75) is 37.3 Å². The maximum Gasteiger partial charge on any atom is 0.433 e. The summed E-state index contributed by atoms with van der Waals surface area (Å²) in [5.41, 5.74) is -1.71. The minimum Gasteiger partial charge on any atom is -0.335 e. The van der Waals surface area contributed by atoms with Crippen LogP contribution in [0.15, 0.2) is 29.4 Å². The van der Waals surface area contributed by atoms with Crippen LogP contribution in [0.2, 0.25) is 0 Å². The summed E-state index contributed by atoms with van der Waals surface area (Å²) in [5.74, 6) is -0.589. The van der Waals surface area contributed by atoms with E-state index < -0.39 is 33.2 Å². The molecule has 0 aliphatic carbocycles. The highest BCUT2D eigenvalue weighted by atomic mass is 32.2. The van der Waals surface area contributed by atoms with Crippen LogP contribution in [0.5, 0.6) is 0 Å². The number of hydrogen-bond acceptors (Lipinski definition) is 6. The second-order valence-corrected chi connectivity index (χ2v) is 11.1. The van der Waals surface area contributed by atoms with E-state index in [-0.39, 0.29) is 48.1 Å². The number of amides is 1. The summed E-state index contributed by atoms with van der Waals surface area (Å²) < 4.78 is 69.8. The van der Waals surface area contributed by atoms with E-state index in [1.165, 1.54) is 32.3 Å². The highest BCUT2D eigenvalue weighted by Crippen LogP contribution is 2.32. The predicted octanol–water partition coefficient (Wildman–Crippen LogP) is 1.93. The van der Waals surface area contributed by atoms with Crippen LogP contribution in [-0.2, 0) is 28.7 Å². The normalized spacial score (nSPS) is 16.4. The van der Waals surface area contributed by atoms with Crippen molar-refractivity contribution in [3.05, 3.63) is 41.6 Å². The van der Waals surface area contributed by atoms with E-state index in [1.54, 1.807) is 27.8 Å². The van der Waals surface area contributed by atoms with Gasteiger partial charge in [0, 0.05) is 50.9 Å². The Morgan fingerprint density at radius 3 is 2.24 bits per heavy atom. The Bertz CT molecular complexity index is 1350. The smallest absolute Gasteiger partial charge is 0.335 e. The summed E-state index contributed by atoms with van der Waals surface area (Å²) in [6, 6.07) is 2.17. The number of aryl methyl sites for hydroxylation is 1. The zero-order valence-corrected chi connectivity index (χ0v) is 19.9. The molecular weight excluding hydrogens is 475 g/mol. The van der Waals surface area contributed by atoms with Crippen LogP contribution in [0.25, 0.3) is 5.65 Å². The van der Waals surface area contributed by atoms with Crippen LogP contribution in [0.3, 0.4) is 0 Å². The highest BCUT2D eigenvalue weighted by Gasteiger charge is 2.37. The van der Waals surface area contributed by atoms with Gasteiger partial charge in [0.25, 0.3) is 5.91 Å². The van der Waals surface area contributed by atoms with Gasteiger partial charge in [-0.2, -0.15) is 27.7 Å². The van der Waals surface area contributed by atoms with Gasteiger partial charge in [0.15, 0.2) is 11.3 Å². The monoisotopic (exact) mass is 499 g/mol. The van der Waals surface area contributed by atoms with Gasteiger partial charge in [-0.05, 0) is 6.07 Å². The molecule has 10 nitrogen and oxygen atoms in total. The van der Waals surface area contributed by atoms with E-state index >= 15 is 0 Å². The Kier molecular flexibility index (Phi) is 5.71. The average Bonchev–Trinajstić information content (AvgIpc) is 3.37. The molecule has 184 valence electrons. The van der Waals surface area contributed by atoms with E-state index in [2.05, 4.69) is 15.2 Å². The Morgan fingerprint density at radius 1 is 1.06 bits per heavy atom. The van der Waals surface area contributed by atoms with E-state index in [0.717, 1.165) is 6.07 Å². The minimum atomic E-state index is -4.69. The quantitative estimate of drug-likeness (QED) is 0.545. The Balaban J connectivity index is 1.58. The van der Waals surface area contributed by atoms with Crippen LogP contribution in [0.4, 0.5) is 13.2 Å². The van der Waals surface area contributed by atoms with Crippen molar-refractivity contribution in [2.24, 2.45) is 7.05 Å². The van der Waals surface area contributed by atoms with Crippen LogP contribution >= 0.6 is 0 Å². The molecule has 1 aliphatic heterocycles. The van der Waals surface area contributed by atoms with Gasteiger partial charge in [-0.1, -0.05) is 20.8 Å². The molecule has 0 saturated carbocycles. The molecule has 1 aliphatic rings. The molecule has 0 atom stereocenters. The molecule has 1 amide bonds. The first kappa shape index (κ1) is 24.1. The molecule has 4 rings (SSSR count). The number of halogens is 3. The van der Waals surface area contributed by atoms with Crippen molar-refractivity contribution >= 4 is 21.6 Å². The summed E-state index contributed by atoms with van der Waals surface area (Å²) >= 11 is 0. The zero-order chi connectivity index (χ0) is 25.1. The number of nitrogens with zero attached hydrogens (tertiary/aromatic N) is 7. The van der Waals surface area contributed by atoms with E-state index in [4.69, 9.17) is 0 Å². The van der Waals surface area contributed by atoms with Gasteiger partial charge in [-0.3, -0.25) is 9.48 Å². The van der Waals surface area contributed by atoms with E-state index in [0.29, 0.717) is 4.52 Å². The molecule has 4 heterocycles. The third-order valence-corrected chi connectivity index (χ3v) is 7.40. The van der Waals surface area contributed by atoms with E-state index in [9.17, 15) is 26.4 Å². The van der Waals surface area contributed by atoms with Gasteiger partial charge in [0.05, 0.1) is 11.9 Å². The molecule has 3 aromatic heterocycles. The number of aromatic nitrogens is 5. The van der Waals surface area contributed by atoms with Gasteiger partial charge >= 0.3 is 6.18 Å². The molecular formula is C20H24F3N7O3S. The summed E-state index contributed by atoms with van der Waals surface area (Å²) in [6.45, 7) is 5.44. The van der Waals surface area contributed by atoms with Crippen LogP contribution < -0.4 is 0 Å². The van der Waals surface area contributed by atoms with Gasteiger partial charge in [-0.15, -0.1) is 0 Å². The first-order chi connectivity index (χ1) is 15.7. The topological polar surface area (TPSA) is 106 Å². The maximum atomic E-state index is 13.7. The lowest BCUT2D eigenvalue weighted by molar-refractivity contribution is -0.142. The summed E-state index contributed by atoms with van der Waals surface area (Å²) in [4.78, 5) is 18.7. The average molecular weight is 500 g/mol. The fraction of sp³-hybridized carbons (Fsp3) is 0.500. The van der Waals surface area contributed by atoms with Crippen LogP contribution in [0, 0.1) is 0 Å². The van der Waals surface area contributed by atoms with Crippen molar-refractivity contribution in [1.29, 1.82) is 0 Å². The van der Waals surface area contributed by atoms with Crippen LogP contribution in [-0.4, -0.2) is 74.1 Å². The number of sulfonamides is 1. The Labute approximate surface area is 194 Å². The van der Waals surface area contributed by atoms with Crippen molar-refractivity contribution in [1.82, 2.24) is 33.6 Å². The number of rotatable bonds is 3. The standard InChI is InChI=1S/C20H24F3N7O3S/c1-19(2,3)15-10-16(20(21,22)23)30-17(25-15)9-14(26-30)18(31)28-5-7-29(8-6-28)34(32,33)13-11-24-27(4)12-13/h9-12H,5-8H2,1-4H3. The predicted molar refractivity (Wildman–Crippen MR) is 115 cm³/mol. The molecule has 1 saturated heterocycles. The van der Waals surface area contributed by atoms with Gasteiger partial charge in [0.2, 0.25) is 10.0 Å². The lowest BCUT2D eigenvalue weighted by Crippen LogP contribution is -2.50. The molecule has 0 radical (unpaired) electrons. The van der Waals surface area contributed by atoms with Crippen molar-refractivity contribution in [3.63, 3.8) is 0 Å². The molecule has 0 bridgehead atoms. The highest BCUT2D eigenvalue weighted by molar-refractivity contribution is 7.89. The number of fused-ring (bicyclic) bond motifs is 1. The first-order valence-corrected chi connectivity index (χ1v) is 11.9. The second kappa shape index (κ2) is 8.05. The second-order valence-electron chi connectivity index (χ2n) is 9.12. The number of alkyl halides is 3. The number of hydrogen-bond donors (Lipinski definition) is 0. The van der Waals surface area contributed by atoms with Crippen molar-refractivity contribution < 1.29 is 26.4 Å². The number of piperazine rings is 1. The maximum absolute atomic E-state index is 13.7. The number of carbonyl (C=O) groups is 1. The molecule has 0 spiro atoms. The molecule has 34 heavy (non-hydrogen) atoms. The molecule has 0 aromatic carbocycles. The Hall–Kier alpha value is -3.00. The molecule has 3 aromatic rings. The zero-order valence-electron chi connectivity index (χ0n) is 19.0. The third-order valence-electron chi connectivity index (χ3n) is 5.55. The molecule has 0 N–H and O–H groups in total. The minimum absolute atomic E-state index is 0.0383. The summed E-state index contributed by atoms with van der Waals surface area (Å²) in [5, 5.41) is 7.77. The number of carbonyl (C=O) groups excluding carboxylic acids is 1. The lowest BCUT2D eigenvalue weighted by Gasteiger charge is -2.33. The largest absolute Gasteiger partial charge is 0.433 e. The van der Waals surface area contributed by atoms with E-state index in [1.807, 2.05) is 0 Å². The van der Waals surface area contributed by atoms with Crippen molar-refractivity contribution in [2.75, 3.05) is 26.2 Å². The molecule has 0 unspecified atom stereocenters. The fourth-order valence-electron chi connectivity index (χ4n) is 3.64. The van der Waals surface area contributed by atoms with Crippen molar-refractivity contribution in [3.8, 4) is 0 Å². The molecule has 14 heteroatoms. The summed E-state index contributed by atoms with van der Waals surface area (Å²) in [6.07, 6.45) is -2.05.